The summed E-state index contributed by atoms with van der Waals surface area (Å²) in [7, 11) is -4.20. The molecule has 0 aromatic heterocycles. The third-order valence-electron chi connectivity index (χ3n) is 2.21. The van der Waals surface area contributed by atoms with Gasteiger partial charge in [-0.2, -0.15) is 0 Å². The summed E-state index contributed by atoms with van der Waals surface area (Å²) in [5.41, 5.74) is -0.559. The van der Waals surface area contributed by atoms with E-state index in [1.807, 2.05) is 6.92 Å². The number of rotatable bonds is 6. The minimum absolute atomic E-state index is 0.0241. The van der Waals surface area contributed by atoms with Crippen LogP contribution < -0.4 is 0 Å². The Morgan fingerprint density at radius 1 is 1.40 bits per heavy atom. The Hall–Kier alpha value is -0.620. The first-order valence-corrected chi connectivity index (χ1v) is 6.37. The zero-order chi connectivity index (χ0) is 12.1. The zero-order valence-corrected chi connectivity index (χ0v) is 10.1. The first-order valence-electron chi connectivity index (χ1n) is 4.80. The summed E-state index contributed by atoms with van der Waals surface area (Å²) in [5.74, 6) is -0.861. The van der Waals surface area contributed by atoms with Gasteiger partial charge in [0.2, 0.25) is 0 Å². The number of ether oxygens (including phenoxy) is 1. The van der Waals surface area contributed by atoms with Crippen LogP contribution in [0.2, 0.25) is 0 Å². The van der Waals surface area contributed by atoms with Crippen LogP contribution in [0.4, 0.5) is 0 Å². The summed E-state index contributed by atoms with van der Waals surface area (Å²) in [6, 6.07) is 0. The van der Waals surface area contributed by atoms with E-state index in [0.717, 1.165) is 0 Å². The average Bonchev–Trinajstić information content (AvgIpc) is 2.10. The highest BCUT2D eigenvalue weighted by Gasteiger charge is 2.26. The van der Waals surface area contributed by atoms with Crippen LogP contribution >= 0.6 is 0 Å². The van der Waals surface area contributed by atoms with Gasteiger partial charge in [0.25, 0.3) is 0 Å². The molecule has 0 heterocycles. The molecule has 15 heavy (non-hydrogen) atoms. The van der Waals surface area contributed by atoms with Crippen molar-refractivity contribution in [2.45, 2.75) is 33.6 Å². The largest absolute Gasteiger partial charge is 0.748 e. The molecular weight excluding hydrogens is 220 g/mol. The van der Waals surface area contributed by atoms with Crippen molar-refractivity contribution in [1.82, 2.24) is 0 Å². The Morgan fingerprint density at radius 2 is 1.93 bits per heavy atom. The topological polar surface area (TPSA) is 83.5 Å². The van der Waals surface area contributed by atoms with Gasteiger partial charge in [-0.25, -0.2) is 8.42 Å². The SMILES string of the molecule is CCC(C)(C)C(=O)OCCCS(=O)(=O)[O-]. The average molecular weight is 237 g/mol. The molecule has 0 spiro atoms. The fourth-order valence-electron chi connectivity index (χ4n) is 0.740. The van der Waals surface area contributed by atoms with Crippen LogP contribution in [-0.4, -0.2) is 31.3 Å². The second-order valence-electron chi connectivity index (χ2n) is 3.99. The van der Waals surface area contributed by atoms with Gasteiger partial charge in [0.1, 0.15) is 0 Å². The molecule has 90 valence electrons. The van der Waals surface area contributed by atoms with E-state index in [2.05, 4.69) is 0 Å². The van der Waals surface area contributed by atoms with Crippen LogP contribution in [0.5, 0.6) is 0 Å². The molecule has 0 fully saturated rings. The van der Waals surface area contributed by atoms with Crippen molar-refractivity contribution in [3.63, 3.8) is 0 Å². The van der Waals surface area contributed by atoms with Crippen LogP contribution in [0, 0.1) is 5.41 Å². The van der Waals surface area contributed by atoms with Crippen molar-refractivity contribution in [1.29, 1.82) is 0 Å². The fourth-order valence-corrected chi connectivity index (χ4v) is 1.21. The first-order chi connectivity index (χ1) is 6.69. The predicted octanol–water partition coefficient (Wildman–Crippen LogP) is 0.901. The van der Waals surface area contributed by atoms with Gasteiger partial charge in [-0.1, -0.05) is 6.92 Å². The quantitative estimate of drug-likeness (QED) is 0.389. The molecule has 0 aliphatic heterocycles. The number of hydrogen-bond donors (Lipinski definition) is 0. The highest BCUT2D eigenvalue weighted by molar-refractivity contribution is 7.85. The monoisotopic (exact) mass is 237 g/mol. The Balaban J connectivity index is 3.84. The van der Waals surface area contributed by atoms with Gasteiger partial charge in [0.05, 0.1) is 22.1 Å². The van der Waals surface area contributed by atoms with Crippen LogP contribution in [0.1, 0.15) is 33.6 Å². The summed E-state index contributed by atoms with van der Waals surface area (Å²) in [6.45, 7) is 5.34. The van der Waals surface area contributed by atoms with Gasteiger partial charge in [0, 0.05) is 5.75 Å². The van der Waals surface area contributed by atoms with Crippen molar-refractivity contribution >= 4 is 16.1 Å². The molecule has 0 amide bonds. The van der Waals surface area contributed by atoms with E-state index >= 15 is 0 Å². The van der Waals surface area contributed by atoms with E-state index in [0.29, 0.717) is 6.42 Å². The van der Waals surface area contributed by atoms with Gasteiger partial charge in [-0.05, 0) is 26.7 Å². The Labute approximate surface area is 90.6 Å². The summed E-state index contributed by atoms with van der Waals surface area (Å²) >= 11 is 0. The van der Waals surface area contributed by atoms with Crippen molar-refractivity contribution in [2.24, 2.45) is 5.41 Å². The Bertz CT molecular complexity index is 304. The lowest BCUT2D eigenvalue weighted by Crippen LogP contribution is -2.26. The molecule has 0 unspecified atom stereocenters. The van der Waals surface area contributed by atoms with E-state index in [9.17, 15) is 17.8 Å². The summed E-state index contributed by atoms with van der Waals surface area (Å²) < 4.78 is 35.5. The van der Waals surface area contributed by atoms with E-state index in [1.165, 1.54) is 0 Å². The van der Waals surface area contributed by atoms with Crippen molar-refractivity contribution in [2.75, 3.05) is 12.4 Å². The lowest BCUT2D eigenvalue weighted by atomic mass is 9.91. The van der Waals surface area contributed by atoms with Gasteiger partial charge >= 0.3 is 5.97 Å². The molecule has 5 nitrogen and oxygen atoms in total. The number of carbonyl (C=O) groups excluding carboxylic acids is 1. The third-order valence-corrected chi connectivity index (χ3v) is 3.00. The number of carbonyl (C=O) groups is 1. The zero-order valence-electron chi connectivity index (χ0n) is 9.28. The molecule has 0 saturated carbocycles. The smallest absolute Gasteiger partial charge is 0.311 e. The lowest BCUT2D eigenvalue weighted by molar-refractivity contribution is -0.154. The van der Waals surface area contributed by atoms with E-state index in [1.54, 1.807) is 13.8 Å². The van der Waals surface area contributed by atoms with Crippen molar-refractivity contribution < 1.29 is 22.5 Å². The minimum Gasteiger partial charge on any atom is -0.748 e. The molecule has 0 atom stereocenters. The molecule has 0 radical (unpaired) electrons. The summed E-state index contributed by atoms with van der Waals surface area (Å²) in [4.78, 5) is 11.4. The van der Waals surface area contributed by atoms with Gasteiger partial charge in [0.15, 0.2) is 0 Å². The normalized spacial score (nSPS) is 12.5. The van der Waals surface area contributed by atoms with Crippen molar-refractivity contribution in [3.8, 4) is 0 Å². The third kappa shape index (κ3) is 6.46. The van der Waals surface area contributed by atoms with Crippen molar-refractivity contribution in [3.05, 3.63) is 0 Å². The minimum atomic E-state index is -4.20. The van der Waals surface area contributed by atoms with E-state index in [-0.39, 0.29) is 19.0 Å². The summed E-state index contributed by atoms with van der Waals surface area (Å²) in [5, 5.41) is 0. The molecule has 0 aromatic rings. The Morgan fingerprint density at radius 3 is 2.33 bits per heavy atom. The van der Waals surface area contributed by atoms with Crippen LogP contribution in [0.3, 0.4) is 0 Å². The second-order valence-corrected chi connectivity index (χ2v) is 5.51. The van der Waals surface area contributed by atoms with Crippen LogP contribution in [0.15, 0.2) is 0 Å². The number of esters is 1. The molecule has 0 aliphatic carbocycles. The fraction of sp³-hybridized carbons (Fsp3) is 0.889. The van der Waals surface area contributed by atoms with E-state index < -0.39 is 21.3 Å². The number of hydrogen-bond acceptors (Lipinski definition) is 5. The predicted molar refractivity (Wildman–Crippen MR) is 54.2 cm³/mol. The standard InChI is InChI=1S/C9H18O5S/c1-4-9(2,3)8(10)14-6-5-7-15(11,12)13/h4-7H2,1-3H3,(H,11,12,13)/p-1. The van der Waals surface area contributed by atoms with E-state index in [4.69, 9.17) is 4.74 Å². The van der Waals surface area contributed by atoms with Gasteiger partial charge in [-0.15, -0.1) is 0 Å². The molecule has 0 rings (SSSR count). The molecule has 0 aliphatic rings. The highest BCUT2D eigenvalue weighted by Crippen LogP contribution is 2.21. The van der Waals surface area contributed by atoms with Gasteiger partial charge < -0.3 is 9.29 Å². The van der Waals surface area contributed by atoms with Crippen LogP contribution in [0.25, 0.3) is 0 Å². The molecule has 0 N–H and O–H groups in total. The lowest BCUT2D eigenvalue weighted by Gasteiger charge is -2.20. The van der Waals surface area contributed by atoms with Crippen LogP contribution in [-0.2, 0) is 19.6 Å². The molecule has 0 aromatic carbocycles. The molecule has 0 bridgehead atoms. The highest BCUT2D eigenvalue weighted by atomic mass is 32.2. The first kappa shape index (κ1) is 14.4. The Kier molecular flexibility index (Phi) is 5.23. The maximum Gasteiger partial charge on any atom is 0.311 e. The summed E-state index contributed by atoms with van der Waals surface area (Å²) in [6.07, 6.45) is 0.697. The second kappa shape index (κ2) is 5.46. The maximum atomic E-state index is 11.4. The molecule has 6 heteroatoms. The molecule has 0 saturated heterocycles. The van der Waals surface area contributed by atoms with Gasteiger partial charge in [-0.3, -0.25) is 4.79 Å². The maximum absolute atomic E-state index is 11.4. The molecular formula is C9H17O5S-.